The molecule has 0 bridgehead atoms. The molecule has 0 saturated carbocycles. The first kappa shape index (κ1) is 45.5. The molecule has 0 unspecified atom stereocenters. The molecular formula is C10H20N2Na4O12S4. The average molecular weight is 581 g/mol. The van der Waals surface area contributed by atoms with Gasteiger partial charge in [0.1, 0.15) is 0 Å². The molecule has 32 heavy (non-hydrogen) atoms. The number of nitrogens with zero attached hydrogens (tertiary/aromatic N) is 2. The first-order chi connectivity index (χ1) is 12.4. The fourth-order valence-electron chi connectivity index (χ4n) is 1.92. The Morgan fingerprint density at radius 2 is 0.531 bits per heavy atom. The van der Waals surface area contributed by atoms with Gasteiger partial charge in [-0.3, -0.25) is 0 Å². The van der Waals surface area contributed by atoms with Crippen LogP contribution < -0.4 is 118 Å². The summed E-state index contributed by atoms with van der Waals surface area (Å²) in [5, 5.41) is 0. The van der Waals surface area contributed by atoms with Gasteiger partial charge in [-0.2, -0.15) is 0 Å². The Morgan fingerprint density at radius 3 is 0.656 bits per heavy atom. The summed E-state index contributed by atoms with van der Waals surface area (Å²) >= 11 is 0. The van der Waals surface area contributed by atoms with E-state index in [0.717, 1.165) is 9.80 Å². The van der Waals surface area contributed by atoms with Crippen LogP contribution in [0, 0.1) is 0 Å². The molecule has 0 aliphatic heterocycles. The van der Waals surface area contributed by atoms with Crippen LogP contribution in [0.2, 0.25) is 0 Å². The van der Waals surface area contributed by atoms with Gasteiger partial charge in [-0.15, -0.1) is 0 Å². The van der Waals surface area contributed by atoms with Crippen molar-refractivity contribution in [2.45, 2.75) is 0 Å². The zero-order valence-corrected chi connectivity index (χ0v) is 29.8. The zero-order valence-electron chi connectivity index (χ0n) is 18.5. The Hall–Kier alpha value is 3.56. The van der Waals surface area contributed by atoms with Gasteiger partial charge in [0.25, 0.3) is 0 Å². The molecule has 14 nitrogen and oxygen atoms in total. The second kappa shape index (κ2) is 20.5. The summed E-state index contributed by atoms with van der Waals surface area (Å²) in [6.07, 6.45) is 0. The Kier molecular flexibility index (Phi) is 29.2. The Bertz CT molecular complexity index is 763. The maximum Gasteiger partial charge on any atom is 1.00 e. The van der Waals surface area contributed by atoms with E-state index in [1.807, 2.05) is 0 Å². The first-order valence-electron chi connectivity index (χ1n) is 7.55. The largest absolute Gasteiger partial charge is 1.00 e. The third-order valence-corrected chi connectivity index (χ3v) is 6.09. The molecule has 0 fully saturated rings. The quantitative estimate of drug-likeness (QED) is 0.129. The maximum atomic E-state index is 10.7. The van der Waals surface area contributed by atoms with E-state index in [0.29, 0.717) is 0 Å². The van der Waals surface area contributed by atoms with Crippen molar-refractivity contribution >= 4 is 40.5 Å². The number of hydrogen-bond acceptors (Lipinski definition) is 14. The predicted octanol–water partition coefficient (Wildman–Crippen LogP) is -16.2. The van der Waals surface area contributed by atoms with Crippen molar-refractivity contribution in [1.29, 1.82) is 0 Å². The van der Waals surface area contributed by atoms with Gasteiger partial charge in [0.05, 0.1) is 63.5 Å². The minimum absolute atomic E-state index is 0. The maximum absolute atomic E-state index is 10.7. The summed E-state index contributed by atoms with van der Waals surface area (Å²) in [7, 11) is -18.6. The van der Waals surface area contributed by atoms with Crippen LogP contribution >= 0.6 is 0 Å². The van der Waals surface area contributed by atoms with Gasteiger partial charge in [-0.1, -0.05) is 0 Å². The summed E-state index contributed by atoms with van der Waals surface area (Å²) in [5.41, 5.74) is 0. The van der Waals surface area contributed by atoms with Crippen LogP contribution in [0.3, 0.4) is 0 Å². The predicted molar refractivity (Wildman–Crippen MR) is 91.1 cm³/mol. The molecule has 170 valence electrons. The van der Waals surface area contributed by atoms with E-state index in [4.69, 9.17) is 0 Å². The third-order valence-electron chi connectivity index (χ3n) is 3.36. The van der Waals surface area contributed by atoms with E-state index in [-0.39, 0.29) is 131 Å². The van der Waals surface area contributed by atoms with Gasteiger partial charge < -0.3 is 28.0 Å². The van der Waals surface area contributed by atoms with Crippen molar-refractivity contribution < 1.29 is 170 Å². The molecule has 0 aromatic heterocycles. The zero-order chi connectivity index (χ0) is 22.2. The van der Waals surface area contributed by atoms with Crippen LogP contribution in [0.25, 0.3) is 0 Å². The fraction of sp³-hybridized carbons (Fsp3) is 1.00. The molecule has 0 aromatic carbocycles. The topological polar surface area (TPSA) is 235 Å². The Labute approximate surface area is 278 Å². The minimum Gasteiger partial charge on any atom is -0.748 e. The molecule has 0 aliphatic carbocycles. The van der Waals surface area contributed by atoms with Crippen molar-refractivity contribution in [2.24, 2.45) is 0 Å². The van der Waals surface area contributed by atoms with Crippen LogP contribution in [0.5, 0.6) is 0 Å². The van der Waals surface area contributed by atoms with Crippen LogP contribution in [-0.4, -0.2) is 124 Å². The van der Waals surface area contributed by atoms with Gasteiger partial charge >= 0.3 is 118 Å². The van der Waals surface area contributed by atoms with E-state index >= 15 is 0 Å². The van der Waals surface area contributed by atoms with Crippen LogP contribution in [0.1, 0.15) is 0 Å². The van der Waals surface area contributed by atoms with E-state index in [1.54, 1.807) is 0 Å². The molecule has 0 aliphatic rings. The van der Waals surface area contributed by atoms with E-state index in [9.17, 15) is 51.9 Å². The van der Waals surface area contributed by atoms with Crippen molar-refractivity contribution in [3.05, 3.63) is 0 Å². The average Bonchev–Trinajstić information content (AvgIpc) is 2.44. The molecular weight excluding hydrogens is 560 g/mol. The summed E-state index contributed by atoms with van der Waals surface area (Å²) < 4.78 is 129. The van der Waals surface area contributed by atoms with Crippen molar-refractivity contribution in [1.82, 2.24) is 9.80 Å². The summed E-state index contributed by atoms with van der Waals surface area (Å²) in [6, 6.07) is 0. The molecule has 0 saturated heterocycles. The molecule has 0 amide bonds. The molecule has 0 spiro atoms. The summed E-state index contributed by atoms with van der Waals surface area (Å²) in [4.78, 5) is 2.24. The minimum atomic E-state index is -4.64. The second-order valence-electron chi connectivity index (χ2n) is 5.73. The Morgan fingerprint density at radius 1 is 0.375 bits per heavy atom. The van der Waals surface area contributed by atoms with Crippen LogP contribution in [-0.2, 0) is 40.5 Å². The molecule has 0 N–H and O–H groups in total. The van der Waals surface area contributed by atoms with Crippen LogP contribution in [0.15, 0.2) is 0 Å². The monoisotopic (exact) mass is 580 g/mol. The molecule has 22 heteroatoms. The van der Waals surface area contributed by atoms with Gasteiger partial charge in [0.2, 0.25) is 0 Å². The Balaban J connectivity index is -0.000000607. The molecule has 0 atom stereocenters. The molecule has 0 aromatic rings. The normalized spacial score (nSPS) is 12.3. The third kappa shape index (κ3) is 33.6. The van der Waals surface area contributed by atoms with Gasteiger partial charge in [0, 0.05) is 39.3 Å². The first-order valence-corrected chi connectivity index (χ1v) is 13.9. The molecule has 0 heterocycles. The number of hydrogen-bond donors (Lipinski definition) is 0. The fourth-order valence-corrected chi connectivity index (χ4v) is 3.84. The molecule has 0 rings (SSSR count). The second-order valence-corrected chi connectivity index (χ2v) is 11.8. The number of rotatable bonds is 15. The van der Waals surface area contributed by atoms with Gasteiger partial charge in [0.15, 0.2) is 0 Å². The van der Waals surface area contributed by atoms with E-state index in [2.05, 4.69) is 0 Å². The van der Waals surface area contributed by atoms with Crippen molar-refractivity contribution in [3.63, 3.8) is 0 Å². The van der Waals surface area contributed by atoms with Crippen LogP contribution in [0.4, 0.5) is 0 Å². The smallest absolute Gasteiger partial charge is 0.748 e. The van der Waals surface area contributed by atoms with Crippen molar-refractivity contribution in [3.8, 4) is 0 Å². The standard InChI is InChI=1S/C10H24N2O12S4.4Na/c13-25(14,15)7-3-11(4-8-26(16,17)18)1-2-12(5-9-27(19,20)21)6-10-28(22,23)24;;;;/h1-10H2,(H,13,14,15)(H,16,17,18)(H,19,20,21)(H,22,23,24);;;;/q;4*+1/p-4. The van der Waals surface area contributed by atoms with Gasteiger partial charge in [-0.05, 0) is 0 Å². The van der Waals surface area contributed by atoms with Gasteiger partial charge in [-0.25, -0.2) is 33.7 Å². The molecule has 0 radical (unpaired) electrons. The van der Waals surface area contributed by atoms with Crippen molar-refractivity contribution in [2.75, 3.05) is 62.3 Å². The summed E-state index contributed by atoms with van der Waals surface area (Å²) in [5.74, 6) is -3.57. The van der Waals surface area contributed by atoms with E-state index < -0.39 is 89.7 Å². The van der Waals surface area contributed by atoms with E-state index in [1.165, 1.54) is 0 Å². The SMILES string of the molecule is O=S(=O)([O-])CCN(CCN(CCS(=O)(=O)[O-])CCS(=O)(=O)[O-])CCS(=O)(=O)[O-].[Na+].[Na+].[Na+].[Na+]. The summed E-state index contributed by atoms with van der Waals surface area (Å²) in [6.45, 7) is -2.13.